The summed E-state index contributed by atoms with van der Waals surface area (Å²) in [4.78, 5) is 34.9. The highest BCUT2D eigenvalue weighted by Crippen LogP contribution is 2.43. The zero-order chi connectivity index (χ0) is 39.8. The van der Waals surface area contributed by atoms with E-state index in [-0.39, 0.29) is 19.4 Å². The van der Waals surface area contributed by atoms with Crippen molar-refractivity contribution in [3.63, 3.8) is 0 Å². The van der Waals surface area contributed by atoms with Gasteiger partial charge in [-0.05, 0) is 57.8 Å². The molecule has 0 aliphatic heterocycles. The van der Waals surface area contributed by atoms with Crippen LogP contribution in [-0.4, -0.2) is 65.7 Å². The Morgan fingerprint density at radius 3 is 1.57 bits per heavy atom. The molecule has 0 radical (unpaired) electrons. The Labute approximate surface area is 328 Å². The van der Waals surface area contributed by atoms with Gasteiger partial charge < -0.3 is 24.6 Å². The smallest absolute Gasteiger partial charge is 0.462 e. The van der Waals surface area contributed by atoms with Crippen molar-refractivity contribution < 1.29 is 47.8 Å². The molecular formula is C43H77O10P. The van der Waals surface area contributed by atoms with Gasteiger partial charge in [-0.15, -0.1) is 0 Å². The fourth-order valence-corrected chi connectivity index (χ4v) is 6.31. The molecule has 0 aromatic rings. The van der Waals surface area contributed by atoms with Crippen LogP contribution >= 0.6 is 7.82 Å². The molecule has 0 heterocycles. The van der Waals surface area contributed by atoms with Crippen molar-refractivity contribution in [3.05, 3.63) is 48.6 Å². The topological polar surface area (TPSA) is 149 Å². The second kappa shape index (κ2) is 39.2. The molecular weight excluding hydrogens is 707 g/mol. The third-order valence-electron chi connectivity index (χ3n) is 8.78. The number of phosphoric ester groups is 1. The molecule has 0 amide bonds. The lowest BCUT2D eigenvalue weighted by atomic mass is 10.1. The highest BCUT2D eigenvalue weighted by atomic mass is 31.2. The normalized spacial score (nSPS) is 14.4. The van der Waals surface area contributed by atoms with E-state index in [0.29, 0.717) is 12.8 Å². The number of ether oxygens (including phenoxy) is 2. The molecule has 11 heteroatoms. The number of unbranched alkanes of at least 4 members (excludes halogenated alkanes) is 19. The Bertz CT molecular complexity index is 1040. The fourth-order valence-electron chi connectivity index (χ4n) is 5.52. The molecule has 0 saturated heterocycles. The van der Waals surface area contributed by atoms with E-state index in [9.17, 15) is 24.2 Å². The molecule has 0 aliphatic rings. The molecule has 10 nitrogen and oxygen atoms in total. The fraction of sp³-hybridized carbons (Fsp3) is 0.767. The quantitative estimate of drug-likeness (QED) is 0.0181. The van der Waals surface area contributed by atoms with E-state index in [0.717, 1.165) is 70.6 Å². The zero-order valence-corrected chi connectivity index (χ0v) is 34.8. The van der Waals surface area contributed by atoms with Crippen LogP contribution in [0.1, 0.15) is 174 Å². The molecule has 0 aromatic carbocycles. The van der Waals surface area contributed by atoms with E-state index >= 15 is 0 Å². The summed E-state index contributed by atoms with van der Waals surface area (Å²) in [5, 5.41) is 18.3. The van der Waals surface area contributed by atoms with Gasteiger partial charge in [0.15, 0.2) is 6.10 Å². The lowest BCUT2D eigenvalue weighted by Gasteiger charge is -2.20. The highest BCUT2D eigenvalue weighted by Gasteiger charge is 2.27. The van der Waals surface area contributed by atoms with E-state index in [2.05, 4.69) is 42.7 Å². The van der Waals surface area contributed by atoms with Gasteiger partial charge in [0.25, 0.3) is 0 Å². The lowest BCUT2D eigenvalue weighted by Crippen LogP contribution is -2.29. The van der Waals surface area contributed by atoms with E-state index in [1.807, 2.05) is 24.3 Å². The van der Waals surface area contributed by atoms with Crippen LogP contribution in [0.25, 0.3) is 0 Å². The number of aliphatic hydroxyl groups is 2. The second-order valence-electron chi connectivity index (χ2n) is 14.0. The Balaban J connectivity index is 4.32. The van der Waals surface area contributed by atoms with Crippen LogP contribution in [0.5, 0.6) is 0 Å². The molecule has 54 heavy (non-hydrogen) atoms. The first-order valence-electron chi connectivity index (χ1n) is 21.1. The number of carbonyl (C=O) groups excluding carboxylic acids is 2. The van der Waals surface area contributed by atoms with Crippen molar-refractivity contribution in [2.75, 3.05) is 26.4 Å². The maximum Gasteiger partial charge on any atom is 0.472 e. The second-order valence-corrected chi connectivity index (χ2v) is 15.5. The molecule has 0 rings (SSSR count). The van der Waals surface area contributed by atoms with Crippen molar-refractivity contribution in [2.24, 2.45) is 0 Å². The predicted molar refractivity (Wildman–Crippen MR) is 219 cm³/mol. The van der Waals surface area contributed by atoms with Gasteiger partial charge in [-0.1, -0.05) is 152 Å². The van der Waals surface area contributed by atoms with Crippen molar-refractivity contribution in [1.82, 2.24) is 0 Å². The molecule has 0 spiro atoms. The standard InChI is InChI=1S/C43H77O10P/c1-3-5-7-9-11-13-15-17-18-19-20-21-23-24-26-28-30-32-34-42(46)50-38-41(39-52-54(48,49)51-37-40(45)36-44)53-43(47)35-33-31-29-27-25-22-16-14-12-10-8-6-4-2/h6,8,10,12,14,16,20-21,40-41,44-45H,3-5,7,9,11,13,15,17-19,22-39H2,1-2H3,(H,48,49)/b8-6+,12-10+,16-14+,21-20+/t40-,41?/m1/s1. The largest absolute Gasteiger partial charge is 0.472 e. The molecule has 3 N–H and O–H groups in total. The van der Waals surface area contributed by atoms with Crippen LogP contribution in [0.15, 0.2) is 48.6 Å². The average molecular weight is 785 g/mol. The van der Waals surface area contributed by atoms with Crippen molar-refractivity contribution in [2.45, 2.75) is 187 Å². The van der Waals surface area contributed by atoms with Crippen molar-refractivity contribution in [3.8, 4) is 0 Å². The minimum absolute atomic E-state index is 0.158. The summed E-state index contributed by atoms with van der Waals surface area (Å²) in [7, 11) is -4.62. The first kappa shape index (κ1) is 51.9. The zero-order valence-electron chi connectivity index (χ0n) is 33.9. The van der Waals surface area contributed by atoms with Gasteiger partial charge in [0, 0.05) is 12.8 Å². The predicted octanol–water partition coefficient (Wildman–Crippen LogP) is 10.9. The summed E-state index contributed by atoms with van der Waals surface area (Å²) in [5.41, 5.74) is 0. The Kier molecular flexibility index (Phi) is 37.7. The van der Waals surface area contributed by atoms with Crippen LogP contribution in [-0.2, 0) is 32.7 Å². The maximum absolute atomic E-state index is 12.6. The van der Waals surface area contributed by atoms with Crippen molar-refractivity contribution >= 4 is 19.8 Å². The Hall–Kier alpha value is -2.07. The van der Waals surface area contributed by atoms with Crippen molar-refractivity contribution in [1.29, 1.82) is 0 Å². The van der Waals surface area contributed by atoms with E-state index < -0.39 is 51.8 Å². The van der Waals surface area contributed by atoms with Gasteiger partial charge in [0.05, 0.1) is 19.8 Å². The molecule has 0 fully saturated rings. The number of phosphoric acid groups is 1. The minimum Gasteiger partial charge on any atom is -0.462 e. The molecule has 0 aromatic heterocycles. The number of allylic oxidation sites excluding steroid dienone is 8. The monoisotopic (exact) mass is 785 g/mol. The highest BCUT2D eigenvalue weighted by molar-refractivity contribution is 7.47. The summed E-state index contributed by atoms with van der Waals surface area (Å²) >= 11 is 0. The molecule has 0 saturated carbocycles. The van der Waals surface area contributed by atoms with Crippen LogP contribution in [0, 0.1) is 0 Å². The molecule has 0 aliphatic carbocycles. The van der Waals surface area contributed by atoms with Gasteiger partial charge in [-0.3, -0.25) is 18.6 Å². The third-order valence-corrected chi connectivity index (χ3v) is 9.73. The van der Waals surface area contributed by atoms with E-state index in [1.165, 1.54) is 64.2 Å². The van der Waals surface area contributed by atoms with Crippen LogP contribution in [0.4, 0.5) is 0 Å². The molecule has 2 unspecified atom stereocenters. The van der Waals surface area contributed by atoms with Crippen LogP contribution in [0.2, 0.25) is 0 Å². The summed E-state index contributed by atoms with van der Waals surface area (Å²) in [6, 6.07) is 0. The number of hydrogen-bond acceptors (Lipinski definition) is 9. The van der Waals surface area contributed by atoms with Gasteiger partial charge in [-0.2, -0.15) is 0 Å². The Morgan fingerprint density at radius 2 is 1.04 bits per heavy atom. The average Bonchev–Trinajstić information content (AvgIpc) is 3.16. The summed E-state index contributed by atoms with van der Waals surface area (Å²) < 4.78 is 32.6. The first-order valence-corrected chi connectivity index (χ1v) is 22.6. The first-order chi connectivity index (χ1) is 26.2. The number of hydrogen-bond donors (Lipinski definition) is 3. The van der Waals surface area contributed by atoms with Gasteiger partial charge in [-0.25, -0.2) is 4.57 Å². The van der Waals surface area contributed by atoms with E-state index in [1.54, 1.807) is 0 Å². The lowest BCUT2D eigenvalue weighted by molar-refractivity contribution is -0.161. The summed E-state index contributed by atoms with van der Waals surface area (Å²) in [6.45, 7) is 2.21. The van der Waals surface area contributed by atoms with Gasteiger partial charge in [0.2, 0.25) is 0 Å². The maximum atomic E-state index is 12.6. The number of carbonyl (C=O) groups is 2. The molecule has 0 bridgehead atoms. The molecule has 3 atom stereocenters. The minimum atomic E-state index is -4.62. The third kappa shape index (κ3) is 38.2. The molecule has 314 valence electrons. The Morgan fingerprint density at radius 1 is 0.574 bits per heavy atom. The summed E-state index contributed by atoms with van der Waals surface area (Å²) in [6.07, 6.45) is 40.8. The number of rotatable bonds is 39. The van der Waals surface area contributed by atoms with Gasteiger partial charge in [0.1, 0.15) is 12.7 Å². The van der Waals surface area contributed by atoms with E-state index in [4.69, 9.17) is 19.1 Å². The van der Waals surface area contributed by atoms with Crippen LogP contribution < -0.4 is 0 Å². The van der Waals surface area contributed by atoms with Gasteiger partial charge >= 0.3 is 19.8 Å². The SMILES string of the molecule is CC/C=C/C=C/C=C/CCCCCCCC(=O)OC(COC(=O)CCCCCCC/C=C/CCCCCCCCCCC)COP(=O)(O)OC[C@H](O)CO. The van der Waals surface area contributed by atoms with Crippen LogP contribution in [0.3, 0.4) is 0 Å². The number of esters is 2. The summed E-state index contributed by atoms with van der Waals surface area (Å²) in [5.74, 6) is -0.960. The number of aliphatic hydroxyl groups excluding tert-OH is 2.